The highest BCUT2D eigenvalue weighted by atomic mass is 19.1. The molecule has 0 saturated carbocycles. The molecule has 0 spiro atoms. The number of halogens is 1. The minimum atomic E-state index is -1.37. The Hall–Kier alpha value is -3.49. The van der Waals surface area contributed by atoms with Gasteiger partial charge in [0.25, 0.3) is 0 Å². The molecular formula is C20H21FN4O4. The third-order valence-electron chi connectivity index (χ3n) is 4.42. The van der Waals surface area contributed by atoms with Crippen LogP contribution in [0.3, 0.4) is 0 Å². The zero-order valence-corrected chi connectivity index (χ0v) is 16.5. The maximum absolute atomic E-state index is 13.4. The molecule has 8 nitrogen and oxygen atoms in total. The molecule has 1 heterocycles. The van der Waals surface area contributed by atoms with Crippen LogP contribution in [-0.2, 0) is 11.3 Å². The Morgan fingerprint density at radius 2 is 1.83 bits per heavy atom. The molecule has 29 heavy (non-hydrogen) atoms. The minimum Gasteiger partial charge on any atom is -0.478 e. The van der Waals surface area contributed by atoms with E-state index in [-0.39, 0.29) is 12.2 Å². The van der Waals surface area contributed by atoms with Gasteiger partial charge in [0.1, 0.15) is 11.6 Å². The number of ether oxygens (including phenoxy) is 1. The van der Waals surface area contributed by atoms with Gasteiger partial charge in [0.2, 0.25) is 0 Å². The molecule has 1 aromatic heterocycles. The lowest BCUT2D eigenvalue weighted by Crippen LogP contribution is -2.38. The summed E-state index contributed by atoms with van der Waals surface area (Å²) in [5, 5.41) is 17.0. The van der Waals surface area contributed by atoms with E-state index < -0.39 is 23.1 Å². The van der Waals surface area contributed by atoms with E-state index in [1.165, 1.54) is 36.7 Å². The molecule has 0 aliphatic carbocycles. The number of hydrogen-bond acceptors (Lipinski definition) is 5. The van der Waals surface area contributed by atoms with Crippen LogP contribution >= 0.6 is 0 Å². The summed E-state index contributed by atoms with van der Waals surface area (Å²) in [5.74, 6) is -1.06. The van der Waals surface area contributed by atoms with Gasteiger partial charge in [-0.3, -0.25) is 0 Å². The fourth-order valence-corrected chi connectivity index (χ4v) is 2.91. The molecule has 3 rings (SSSR count). The van der Waals surface area contributed by atoms with Gasteiger partial charge in [0.15, 0.2) is 5.60 Å². The monoisotopic (exact) mass is 400 g/mol. The second kappa shape index (κ2) is 7.50. The molecule has 0 aliphatic rings. The van der Waals surface area contributed by atoms with Crippen LogP contribution in [0.5, 0.6) is 5.75 Å². The topological polar surface area (TPSA) is 99.2 Å². The second-order valence-electron chi connectivity index (χ2n) is 7.29. The molecule has 0 fully saturated rings. The van der Waals surface area contributed by atoms with Crippen molar-refractivity contribution >= 4 is 5.97 Å². The van der Waals surface area contributed by atoms with Crippen LogP contribution in [0.15, 0.2) is 41.2 Å². The summed E-state index contributed by atoms with van der Waals surface area (Å²) in [6.07, 6.45) is 0. The summed E-state index contributed by atoms with van der Waals surface area (Å²) < 4.78 is 21.3. The maximum Gasteiger partial charge on any atom is 0.368 e. The summed E-state index contributed by atoms with van der Waals surface area (Å²) in [6, 6.07) is 9.13. The van der Waals surface area contributed by atoms with Crippen LogP contribution in [-0.4, -0.2) is 36.5 Å². The molecule has 0 unspecified atom stereocenters. The van der Waals surface area contributed by atoms with Crippen molar-refractivity contribution in [2.75, 3.05) is 0 Å². The summed E-state index contributed by atoms with van der Waals surface area (Å²) >= 11 is 0. The van der Waals surface area contributed by atoms with Gasteiger partial charge in [-0.25, -0.2) is 14.0 Å². The van der Waals surface area contributed by atoms with Crippen LogP contribution in [0, 0.1) is 19.7 Å². The molecule has 1 N–H and O–H groups in total. The molecule has 0 atom stereocenters. The van der Waals surface area contributed by atoms with Crippen LogP contribution in [0.4, 0.5) is 4.39 Å². The van der Waals surface area contributed by atoms with Crippen molar-refractivity contribution in [3.63, 3.8) is 0 Å². The van der Waals surface area contributed by atoms with Gasteiger partial charge in [-0.05, 0) is 73.0 Å². The number of nitrogens with zero attached hydrogens (tertiary/aromatic N) is 4. The zero-order valence-electron chi connectivity index (χ0n) is 16.5. The van der Waals surface area contributed by atoms with E-state index in [9.17, 15) is 19.1 Å². The number of hydrogen-bond donors (Lipinski definition) is 1. The summed E-state index contributed by atoms with van der Waals surface area (Å²) in [4.78, 5) is 23.9. The molecule has 0 saturated heterocycles. The molecule has 2 aromatic carbocycles. The van der Waals surface area contributed by atoms with Crippen molar-refractivity contribution < 1.29 is 19.0 Å². The van der Waals surface area contributed by atoms with Gasteiger partial charge in [-0.1, -0.05) is 18.2 Å². The number of carboxylic acids is 1. The summed E-state index contributed by atoms with van der Waals surface area (Å²) in [5.41, 5.74) is 0.655. The van der Waals surface area contributed by atoms with Crippen molar-refractivity contribution in [3.8, 4) is 11.4 Å². The van der Waals surface area contributed by atoms with E-state index >= 15 is 0 Å². The van der Waals surface area contributed by atoms with Gasteiger partial charge in [-0.2, -0.15) is 9.36 Å². The summed E-state index contributed by atoms with van der Waals surface area (Å²) in [7, 11) is 0. The van der Waals surface area contributed by atoms with E-state index in [1.54, 1.807) is 32.0 Å². The third kappa shape index (κ3) is 4.18. The van der Waals surface area contributed by atoms with E-state index in [2.05, 4.69) is 10.4 Å². The predicted molar refractivity (Wildman–Crippen MR) is 103 cm³/mol. The first-order chi connectivity index (χ1) is 13.6. The number of aryl methyl sites for hydroxylation is 2. The number of rotatable bonds is 6. The lowest BCUT2D eigenvalue weighted by Gasteiger charge is -2.24. The average molecular weight is 400 g/mol. The maximum atomic E-state index is 13.4. The van der Waals surface area contributed by atoms with Crippen molar-refractivity contribution in [2.45, 2.75) is 39.8 Å². The highest BCUT2D eigenvalue weighted by Crippen LogP contribution is 2.29. The zero-order chi connectivity index (χ0) is 21.3. The van der Waals surface area contributed by atoms with Crippen LogP contribution in [0.1, 0.15) is 30.5 Å². The molecule has 0 aliphatic heterocycles. The highest BCUT2D eigenvalue weighted by molar-refractivity contribution is 5.77. The van der Waals surface area contributed by atoms with Crippen LogP contribution < -0.4 is 10.4 Å². The Morgan fingerprint density at radius 3 is 2.41 bits per heavy atom. The SMILES string of the molecule is Cc1cc(Cn2nnn(-c3cccc(F)c3)c2=O)cc(C)c1OC(C)(C)C(=O)O. The molecular weight excluding hydrogens is 379 g/mol. The van der Waals surface area contributed by atoms with Crippen LogP contribution in [0.2, 0.25) is 0 Å². The Labute approximate surface area is 166 Å². The average Bonchev–Trinajstić information content (AvgIpc) is 2.99. The van der Waals surface area contributed by atoms with Crippen molar-refractivity contribution in [1.29, 1.82) is 0 Å². The van der Waals surface area contributed by atoms with Gasteiger partial charge in [0.05, 0.1) is 12.2 Å². The van der Waals surface area contributed by atoms with Crippen molar-refractivity contribution in [1.82, 2.24) is 19.8 Å². The smallest absolute Gasteiger partial charge is 0.368 e. The lowest BCUT2D eigenvalue weighted by atomic mass is 10.0. The van der Waals surface area contributed by atoms with E-state index in [0.29, 0.717) is 5.75 Å². The first-order valence-electron chi connectivity index (χ1n) is 8.90. The Kier molecular flexibility index (Phi) is 5.23. The number of tetrazole rings is 1. The van der Waals surface area contributed by atoms with Gasteiger partial charge in [0, 0.05) is 0 Å². The number of carbonyl (C=O) groups is 1. The molecule has 0 radical (unpaired) electrons. The number of aliphatic carboxylic acids is 1. The molecule has 0 amide bonds. The number of aromatic nitrogens is 4. The largest absolute Gasteiger partial charge is 0.478 e. The van der Waals surface area contributed by atoms with Crippen LogP contribution in [0.25, 0.3) is 5.69 Å². The fraction of sp³-hybridized carbons (Fsp3) is 0.300. The molecule has 0 bridgehead atoms. The quantitative estimate of drug-likeness (QED) is 0.682. The van der Waals surface area contributed by atoms with Crippen molar-refractivity contribution in [2.24, 2.45) is 0 Å². The first-order valence-corrected chi connectivity index (χ1v) is 8.90. The van der Waals surface area contributed by atoms with E-state index in [4.69, 9.17) is 4.74 Å². The molecule has 152 valence electrons. The molecule has 3 aromatic rings. The van der Waals surface area contributed by atoms with Gasteiger partial charge in [-0.15, -0.1) is 0 Å². The van der Waals surface area contributed by atoms with E-state index in [0.717, 1.165) is 21.4 Å². The predicted octanol–water partition coefficient (Wildman–Crippen LogP) is 2.48. The third-order valence-corrected chi connectivity index (χ3v) is 4.42. The fourth-order valence-electron chi connectivity index (χ4n) is 2.91. The number of benzene rings is 2. The van der Waals surface area contributed by atoms with Gasteiger partial charge < -0.3 is 9.84 Å². The summed E-state index contributed by atoms with van der Waals surface area (Å²) in [6.45, 7) is 6.71. The van der Waals surface area contributed by atoms with E-state index in [1.807, 2.05) is 0 Å². The standard InChI is InChI=1S/C20H21FN4O4/c1-12-8-14(9-13(2)17(12)29-20(3,4)18(26)27)11-24-19(28)25(23-22-24)16-7-5-6-15(21)10-16/h5-10H,11H2,1-4H3,(H,26,27). The number of carboxylic acid groups (broad SMARTS) is 1. The molecule has 9 heteroatoms. The highest BCUT2D eigenvalue weighted by Gasteiger charge is 2.30. The van der Waals surface area contributed by atoms with Crippen molar-refractivity contribution in [3.05, 3.63) is 69.4 Å². The Bertz CT molecular complexity index is 1110. The minimum absolute atomic E-state index is 0.151. The normalized spacial score (nSPS) is 11.5. The first kappa shape index (κ1) is 20.2. The lowest BCUT2D eigenvalue weighted by molar-refractivity contribution is -0.152. The Balaban J connectivity index is 1.89. The van der Waals surface area contributed by atoms with Gasteiger partial charge >= 0.3 is 11.7 Å². The second-order valence-corrected chi connectivity index (χ2v) is 7.29. The Morgan fingerprint density at radius 1 is 1.17 bits per heavy atom.